The van der Waals surface area contributed by atoms with E-state index in [0.29, 0.717) is 13.1 Å². The Morgan fingerprint density at radius 2 is 1.88 bits per heavy atom. The number of hydrogen-bond donors (Lipinski definition) is 2. The fourth-order valence-electron chi connectivity index (χ4n) is 3.30. The predicted molar refractivity (Wildman–Crippen MR) is 93.0 cm³/mol. The highest BCUT2D eigenvalue weighted by Gasteiger charge is 2.32. The molecule has 0 atom stereocenters. The summed E-state index contributed by atoms with van der Waals surface area (Å²) in [5.41, 5.74) is 0.383. The van der Waals surface area contributed by atoms with Crippen LogP contribution in [-0.2, 0) is 11.3 Å². The molecule has 1 aliphatic carbocycles. The van der Waals surface area contributed by atoms with Crippen LogP contribution in [0.25, 0.3) is 0 Å². The van der Waals surface area contributed by atoms with Gasteiger partial charge < -0.3 is 10.4 Å². The highest BCUT2D eigenvalue weighted by molar-refractivity contribution is 5.79. The molecule has 1 aromatic rings. The van der Waals surface area contributed by atoms with Gasteiger partial charge in [0.05, 0.1) is 19.2 Å². The van der Waals surface area contributed by atoms with E-state index in [1.807, 2.05) is 35.2 Å². The maximum absolute atomic E-state index is 12.5. The normalized spacial score (nSPS) is 17.0. The van der Waals surface area contributed by atoms with Gasteiger partial charge in [0.1, 0.15) is 5.54 Å². The van der Waals surface area contributed by atoms with Gasteiger partial charge in [-0.15, -0.1) is 0 Å². The van der Waals surface area contributed by atoms with Gasteiger partial charge in [-0.2, -0.15) is 5.26 Å². The van der Waals surface area contributed by atoms with Crippen molar-refractivity contribution in [3.05, 3.63) is 35.9 Å². The van der Waals surface area contributed by atoms with Gasteiger partial charge in [-0.1, -0.05) is 56.0 Å². The molecule has 0 unspecified atom stereocenters. The van der Waals surface area contributed by atoms with Crippen molar-refractivity contribution in [2.24, 2.45) is 0 Å². The van der Waals surface area contributed by atoms with Crippen molar-refractivity contribution < 1.29 is 9.90 Å². The van der Waals surface area contributed by atoms with Crippen molar-refractivity contribution >= 4 is 5.91 Å². The fraction of sp³-hybridized carbons (Fsp3) is 0.579. The lowest BCUT2D eigenvalue weighted by Crippen LogP contribution is -2.50. The van der Waals surface area contributed by atoms with Crippen molar-refractivity contribution in [2.75, 3.05) is 19.7 Å². The molecule has 2 rings (SSSR count). The van der Waals surface area contributed by atoms with Crippen molar-refractivity contribution in [1.82, 2.24) is 10.2 Å². The first-order valence-electron chi connectivity index (χ1n) is 8.77. The van der Waals surface area contributed by atoms with Gasteiger partial charge in [-0.25, -0.2) is 0 Å². The number of carbonyl (C=O) groups excluding carboxylic acids is 1. The number of aliphatic hydroxyl groups is 1. The van der Waals surface area contributed by atoms with Crippen LogP contribution >= 0.6 is 0 Å². The summed E-state index contributed by atoms with van der Waals surface area (Å²) in [7, 11) is 0. The van der Waals surface area contributed by atoms with Crippen LogP contribution in [0.3, 0.4) is 0 Å². The second-order valence-electron chi connectivity index (χ2n) is 6.58. The average molecular weight is 329 g/mol. The van der Waals surface area contributed by atoms with Crippen LogP contribution in [-0.4, -0.2) is 41.1 Å². The summed E-state index contributed by atoms with van der Waals surface area (Å²) in [6.45, 7) is 1.23. The summed E-state index contributed by atoms with van der Waals surface area (Å²) >= 11 is 0. The summed E-state index contributed by atoms with van der Waals surface area (Å²) in [5, 5.41) is 21.8. The third-order valence-corrected chi connectivity index (χ3v) is 4.58. The number of benzene rings is 1. The van der Waals surface area contributed by atoms with E-state index in [2.05, 4.69) is 11.4 Å². The summed E-state index contributed by atoms with van der Waals surface area (Å²) < 4.78 is 0. The Bertz CT molecular complexity index is 545. The van der Waals surface area contributed by atoms with Crippen LogP contribution in [0.2, 0.25) is 0 Å². The summed E-state index contributed by atoms with van der Waals surface area (Å²) in [5.74, 6) is -0.136. The van der Waals surface area contributed by atoms with Gasteiger partial charge in [0.15, 0.2) is 0 Å². The molecule has 0 aromatic heterocycles. The molecular formula is C19H27N3O2. The number of nitriles is 1. The molecule has 0 bridgehead atoms. The summed E-state index contributed by atoms with van der Waals surface area (Å²) in [6, 6.07) is 12.2. The van der Waals surface area contributed by atoms with Crippen LogP contribution < -0.4 is 5.32 Å². The maximum atomic E-state index is 12.5. The highest BCUT2D eigenvalue weighted by atomic mass is 16.3. The molecule has 24 heavy (non-hydrogen) atoms. The first-order chi connectivity index (χ1) is 11.7. The highest BCUT2D eigenvalue weighted by Crippen LogP contribution is 2.26. The smallest absolute Gasteiger partial charge is 0.235 e. The van der Waals surface area contributed by atoms with Crippen LogP contribution in [0.5, 0.6) is 0 Å². The number of nitrogens with one attached hydrogen (secondary N) is 1. The average Bonchev–Trinajstić information content (AvgIpc) is 2.82. The molecule has 2 N–H and O–H groups in total. The third-order valence-electron chi connectivity index (χ3n) is 4.58. The van der Waals surface area contributed by atoms with Gasteiger partial charge in [-0.3, -0.25) is 9.69 Å². The van der Waals surface area contributed by atoms with E-state index in [1.165, 1.54) is 0 Å². The molecule has 1 aromatic carbocycles. The van der Waals surface area contributed by atoms with Crippen LogP contribution in [0, 0.1) is 11.3 Å². The van der Waals surface area contributed by atoms with Gasteiger partial charge in [-0.05, 0) is 18.4 Å². The largest absolute Gasteiger partial charge is 0.395 e. The van der Waals surface area contributed by atoms with Crippen molar-refractivity contribution in [3.63, 3.8) is 0 Å². The Labute approximate surface area is 144 Å². The zero-order valence-electron chi connectivity index (χ0n) is 14.2. The molecule has 0 spiro atoms. The maximum Gasteiger partial charge on any atom is 0.235 e. The Morgan fingerprint density at radius 3 is 2.46 bits per heavy atom. The lowest BCUT2D eigenvalue weighted by molar-refractivity contribution is -0.124. The molecule has 5 heteroatoms. The lowest BCUT2D eigenvalue weighted by Gasteiger charge is -2.28. The second kappa shape index (κ2) is 9.41. The standard InChI is InChI=1S/C19H27N3O2/c20-16-19(10-6-1-2-7-11-19)21-18(24)15-22(12-13-23)14-17-8-4-3-5-9-17/h3-5,8-9,23H,1-2,6-7,10-15H2,(H,21,24). The van der Waals surface area contributed by atoms with E-state index in [0.717, 1.165) is 44.1 Å². The third kappa shape index (κ3) is 5.63. The minimum absolute atomic E-state index is 0.00348. The van der Waals surface area contributed by atoms with E-state index in [4.69, 9.17) is 0 Å². The van der Waals surface area contributed by atoms with Gasteiger partial charge in [0, 0.05) is 13.1 Å². The number of rotatable bonds is 7. The zero-order valence-corrected chi connectivity index (χ0v) is 14.2. The quantitative estimate of drug-likeness (QED) is 0.752. The number of amides is 1. The molecule has 0 aliphatic heterocycles. The van der Waals surface area contributed by atoms with E-state index < -0.39 is 5.54 Å². The van der Waals surface area contributed by atoms with E-state index in [-0.39, 0.29) is 19.1 Å². The first-order valence-corrected chi connectivity index (χ1v) is 8.77. The van der Waals surface area contributed by atoms with E-state index in [9.17, 15) is 15.2 Å². The molecule has 0 radical (unpaired) electrons. The Balaban J connectivity index is 1.95. The van der Waals surface area contributed by atoms with Gasteiger partial charge in [0.2, 0.25) is 5.91 Å². The minimum atomic E-state index is -0.717. The number of nitrogens with zero attached hydrogens (tertiary/aromatic N) is 2. The van der Waals surface area contributed by atoms with Crippen LogP contribution in [0.4, 0.5) is 0 Å². The molecule has 1 fully saturated rings. The summed E-state index contributed by atoms with van der Waals surface area (Å²) in [4.78, 5) is 14.4. The number of aliphatic hydroxyl groups excluding tert-OH is 1. The van der Waals surface area contributed by atoms with Gasteiger partial charge >= 0.3 is 0 Å². The van der Waals surface area contributed by atoms with Crippen molar-refractivity contribution in [1.29, 1.82) is 5.26 Å². The van der Waals surface area contributed by atoms with E-state index in [1.54, 1.807) is 0 Å². The number of carbonyl (C=O) groups is 1. The summed E-state index contributed by atoms with van der Waals surface area (Å²) in [6.07, 6.45) is 5.69. The first kappa shape index (κ1) is 18.4. The molecule has 5 nitrogen and oxygen atoms in total. The Hall–Kier alpha value is -1.90. The minimum Gasteiger partial charge on any atom is -0.395 e. The Kier molecular flexibility index (Phi) is 7.23. The fourth-order valence-corrected chi connectivity index (χ4v) is 3.30. The molecule has 1 amide bonds. The lowest BCUT2D eigenvalue weighted by atomic mass is 9.92. The zero-order chi connectivity index (χ0) is 17.3. The molecule has 1 aliphatic rings. The molecule has 1 saturated carbocycles. The van der Waals surface area contributed by atoms with Gasteiger partial charge in [0.25, 0.3) is 0 Å². The predicted octanol–water partition coefficient (Wildman–Crippen LogP) is 2.21. The Morgan fingerprint density at radius 1 is 1.21 bits per heavy atom. The topological polar surface area (TPSA) is 76.4 Å². The molecule has 0 heterocycles. The monoisotopic (exact) mass is 329 g/mol. The SMILES string of the molecule is N#CC1(NC(=O)CN(CCO)Cc2ccccc2)CCCCCC1. The molecule has 130 valence electrons. The molecule has 0 saturated heterocycles. The second-order valence-corrected chi connectivity index (χ2v) is 6.58. The number of hydrogen-bond acceptors (Lipinski definition) is 4. The van der Waals surface area contributed by atoms with E-state index >= 15 is 0 Å². The molecular weight excluding hydrogens is 302 g/mol. The van der Waals surface area contributed by atoms with Crippen molar-refractivity contribution in [2.45, 2.75) is 50.6 Å². The van der Waals surface area contributed by atoms with Crippen molar-refractivity contribution in [3.8, 4) is 6.07 Å². The van der Waals surface area contributed by atoms with Crippen LogP contribution in [0.1, 0.15) is 44.1 Å². The van der Waals surface area contributed by atoms with Crippen LogP contribution in [0.15, 0.2) is 30.3 Å².